The van der Waals surface area contributed by atoms with Crippen molar-refractivity contribution >= 4 is 47.1 Å². The van der Waals surface area contributed by atoms with Gasteiger partial charge in [0.15, 0.2) is 5.78 Å². The Labute approximate surface area is 178 Å². The molecule has 0 saturated heterocycles. The lowest BCUT2D eigenvalue weighted by atomic mass is 10.1. The molecule has 0 radical (unpaired) electrons. The number of thioether (sulfide) groups is 1. The Bertz CT molecular complexity index is 654. The first kappa shape index (κ1) is 27.5. The van der Waals surface area contributed by atoms with Gasteiger partial charge in [-0.15, -0.1) is 11.8 Å². The van der Waals surface area contributed by atoms with Crippen LogP contribution in [0.15, 0.2) is 0 Å². The number of nitrogens with two attached hydrogens (primary N) is 1. The molecule has 4 N–H and O–H groups in total. The minimum atomic E-state index is -1.17. The highest BCUT2D eigenvalue weighted by Crippen LogP contribution is 2.19. The second-order valence-corrected chi connectivity index (χ2v) is 7.60. The summed E-state index contributed by atoms with van der Waals surface area (Å²) in [5.74, 6) is -4.02. The second-order valence-electron chi connectivity index (χ2n) is 6.36. The number of nitrogens with one attached hydrogen (secondary N) is 1. The normalized spacial score (nSPS) is 13.5. The SMILES string of the molecule is COC(=O)CC(SC[C@H](NC(=O)CC[C@H](N)C(C)=O)C(=O)CCC(=O)O)C(=O)OC. The Morgan fingerprint density at radius 3 is 2.17 bits per heavy atom. The van der Waals surface area contributed by atoms with Crippen molar-refractivity contribution in [1.82, 2.24) is 5.32 Å². The third kappa shape index (κ3) is 11.5. The number of rotatable bonds is 15. The molecule has 1 amide bonds. The minimum Gasteiger partial charge on any atom is -0.481 e. The van der Waals surface area contributed by atoms with Gasteiger partial charge in [0, 0.05) is 18.6 Å². The molecule has 0 spiro atoms. The van der Waals surface area contributed by atoms with Gasteiger partial charge in [-0.25, -0.2) is 0 Å². The highest BCUT2D eigenvalue weighted by atomic mass is 32.2. The molecule has 0 aliphatic carbocycles. The third-order valence-electron chi connectivity index (χ3n) is 4.02. The Kier molecular flexibility index (Phi) is 13.3. The number of methoxy groups -OCH3 is 2. The summed E-state index contributed by atoms with van der Waals surface area (Å²) < 4.78 is 9.17. The van der Waals surface area contributed by atoms with E-state index in [4.69, 9.17) is 10.8 Å². The topological polar surface area (TPSA) is 179 Å². The molecule has 0 aliphatic rings. The van der Waals surface area contributed by atoms with Gasteiger partial charge in [0.2, 0.25) is 5.91 Å². The lowest BCUT2D eigenvalue weighted by molar-refractivity contribution is -0.146. The Balaban J connectivity index is 5.13. The average molecular weight is 448 g/mol. The Morgan fingerprint density at radius 2 is 1.67 bits per heavy atom. The largest absolute Gasteiger partial charge is 0.481 e. The quantitative estimate of drug-likeness (QED) is 0.273. The molecule has 0 heterocycles. The van der Waals surface area contributed by atoms with Crippen LogP contribution in [0, 0.1) is 0 Å². The molecule has 0 saturated carbocycles. The molecule has 3 atom stereocenters. The van der Waals surface area contributed by atoms with Crippen molar-refractivity contribution < 1.29 is 43.3 Å². The van der Waals surface area contributed by atoms with Gasteiger partial charge in [-0.2, -0.15) is 0 Å². The smallest absolute Gasteiger partial charge is 0.319 e. The number of ketones is 2. The van der Waals surface area contributed by atoms with E-state index in [1.165, 1.54) is 6.92 Å². The van der Waals surface area contributed by atoms with E-state index in [0.717, 1.165) is 26.0 Å². The summed E-state index contributed by atoms with van der Waals surface area (Å²) in [4.78, 5) is 69.8. The summed E-state index contributed by atoms with van der Waals surface area (Å²) in [7, 11) is 2.30. The van der Waals surface area contributed by atoms with E-state index < -0.39 is 53.4 Å². The lowest BCUT2D eigenvalue weighted by Crippen LogP contribution is -2.44. The molecule has 0 aromatic carbocycles. The zero-order chi connectivity index (χ0) is 23.3. The monoisotopic (exact) mass is 448 g/mol. The van der Waals surface area contributed by atoms with Gasteiger partial charge >= 0.3 is 17.9 Å². The first-order valence-electron chi connectivity index (χ1n) is 9.07. The number of hydrogen-bond donors (Lipinski definition) is 3. The minimum absolute atomic E-state index is 0.0808. The molecule has 12 heteroatoms. The number of carbonyl (C=O) groups is 6. The van der Waals surface area contributed by atoms with E-state index in [2.05, 4.69) is 14.8 Å². The first-order valence-corrected chi connectivity index (χ1v) is 10.1. The maximum absolute atomic E-state index is 12.4. The van der Waals surface area contributed by atoms with Gasteiger partial charge in [-0.1, -0.05) is 0 Å². The average Bonchev–Trinajstić information content (AvgIpc) is 2.70. The summed E-state index contributed by atoms with van der Waals surface area (Å²) >= 11 is 0.903. The van der Waals surface area contributed by atoms with Gasteiger partial charge in [-0.3, -0.25) is 28.8 Å². The van der Waals surface area contributed by atoms with Gasteiger partial charge in [0.1, 0.15) is 11.0 Å². The van der Waals surface area contributed by atoms with Crippen LogP contribution in [0.1, 0.15) is 39.0 Å². The van der Waals surface area contributed by atoms with Crippen LogP contribution in [0.2, 0.25) is 0 Å². The van der Waals surface area contributed by atoms with E-state index in [1.807, 2.05) is 0 Å². The van der Waals surface area contributed by atoms with Crippen molar-refractivity contribution in [3.05, 3.63) is 0 Å². The van der Waals surface area contributed by atoms with Gasteiger partial charge < -0.3 is 25.6 Å². The van der Waals surface area contributed by atoms with Crippen molar-refractivity contribution in [1.29, 1.82) is 0 Å². The molecule has 11 nitrogen and oxygen atoms in total. The van der Waals surface area contributed by atoms with Crippen molar-refractivity contribution in [3.8, 4) is 0 Å². The zero-order valence-corrected chi connectivity index (χ0v) is 18.0. The van der Waals surface area contributed by atoms with Crippen LogP contribution >= 0.6 is 11.8 Å². The highest BCUT2D eigenvalue weighted by Gasteiger charge is 2.28. The van der Waals surface area contributed by atoms with Crippen molar-refractivity contribution in [2.45, 2.75) is 56.4 Å². The summed E-state index contributed by atoms with van der Waals surface area (Å²) in [5, 5.41) is 10.3. The number of esters is 2. The van der Waals surface area contributed by atoms with Gasteiger partial charge in [0.25, 0.3) is 0 Å². The molecule has 170 valence electrons. The van der Waals surface area contributed by atoms with Gasteiger partial charge in [0.05, 0.1) is 39.1 Å². The van der Waals surface area contributed by atoms with E-state index in [0.29, 0.717) is 0 Å². The van der Waals surface area contributed by atoms with Crippen molar-refractivity contribution in [2.75, 3.05) is 20.0 Å². The number of hydrogen-bond acceptors (Lipinski definition) is 10. The number of ether oxygens (including phenoxy) is 2. The van der Waals surface area contributed by atoms with E-state index in [1.54, 1.807) is 0 Å². The van der Waals surface area contributed by atoms with Crippen LogP contribution in [-0.2, 0) is 38.2 Å². The van der Waals surface area contributed by atoms with Crippen LogP contribution in [0.4, 0.5) is 0 Å². The lowest BCUT2D eigenvalue weighted by Gasteiger charge is -2.20. The van der Waals surface area contributed by atoms with Crippen molar-refractivity contribution in [2.24, 2.45) is 5.73 Å². The predicted molar refractivity (Wildman–Crippen MR) is 107 cm³/mol. The molecule has 0 fully saturated rings. The number of carboxylic acid groups (broad SMARTS) is 1. The molecular weight excluding hydrogens is 420 g/mol. The molecule has 0 rings (SSSR count). The summed E-state index contributed by atoms with van der Waals surface area (Å²) in [5.41, 5.74) is 5.58. The maximum Gasteiger partial charge on any atom is 0.319 e. The summed E-state index contributed by atoms with van der Waals surface area (Å²) in [6, 6.07) is -1.91. The molecule has 0 bridgehead atoms. The number of Topliss-reactive ketones (excluding diaryl/α,β-unsaturated/α-hetero) is 2. The van der Waals surface area contributed by atoms with Crippen molar-refractivity contribution in [3.63, 3.8) is 0 Å². The number of carbonyl (C=O) groups excluding carboxylic acids is 5. The zero-order valence-electron chi connectivity index (χ0n) is 17.2. The van der Waals surface area contributed by atoms with E-state index >= 15 is 0 Å². The molecule has 0 aliphatic heterocycles. The Morgan fingerprint density at radius 1 is 1.03 bits per heavy atom. The van der Waals surface area contributed by atoms with Crippen LogP contribution < -0.4 is 11.1 Å². The Hall–Kier alpha value is -2.47. The predicted octanol–water partition coefficient (Wildman–Crippen LogP) is -0.560. The van der Waals surface area contributed by atoms with Crippen LogP contribution in [-0.4, -0.2) is 77.8 Å². The van der Waals surface area contributed by atoms with E-state index in [-0.39, 0.29) is 37.2 Å². The number of amides is 1. The summed E-state index contributed by atoms with van der Waals surface area (Å²) in [6.07, 6.45) is -1.08. The van der Waals surface area contributed by atoms with Gasteiger partial charge in [-0.05, 0) is 13.3 Å². The molecule has 30 heavy (non-hydrogen) atoms. The first-order chi connectivity index (χ1) is 14.0. The van der Waals surface area contributed by atoms with E-state index in [9.17, 15) is 28.8 Å². The molecule has 0 aromatic heterocycles. The third-order valence-corrected chi connectivity index (χ3v) is 5.31. The maximum atomic E-state index is 12.4. The fourth-order valence-electron chi connectivity index (χ4n) is 2.16. The standard InChI is InChI=1S/C18H28N2O9S/c1-10(21)11(19)4-6-15(23)20-12(13(22)5-7-16(24)25)9-30-14(18(27)29-3)8-17(26)28-2/h11-12,14H,4-9,19H2,1-3H3,(H,20,23)(H,24,25)/t11-,12-,14?/m0/s1. The van der Waals surface area contributed by atoms with Crippen LogP contribution in [0.25, 0.3) is 0 Å². The fraction of sp³-hybridized carbons (Fsp3) is 0.667. The van der Waals surface area contributed by atoms with Crippen LogP contribution in [0.5, 0.6) is 0 Å². The summed E-state index contributed by atoms with van der Waals surface area (Å²) in [6.45, 7) is 1.30. The molecule has 1 unspecified atom stereocenters. The number of aliphatic carboxylic acids is 1. The second kappa shape index (κ2) is 14.5. The van der Waals surface area contributed by atoms with Crippen LogP contribution in [0.3, 0.4) is 0 Å². The molecule has 0 aromatic rings. The highest BCUT2D eigenvalue weighted by molar-refractivity contribution is 8.00. The number of carboxylic acids is 1. The fourth-order valence-corrected chi connectivity index (χ4v) is 3.34. The molecular formula is C18H28N2O9S.